The summed E-state index contributed by atoms with van der Waals surface area (Å²) in [7, 11) is -4.21. The van der Waals surface area contributed by atoms with Gasteiger partial charge in [0.2, 0.25) is 11.8 Å². The van der Waals surface area contributed by atoms with Gasteiger partial charge < -0.3 is 10.2 Å². The number of halogens is 3. The Kier molecular flexibility index (Phi) is 12.2. The van der Waals surface area contributed by atoms with Crippen molar-refractivity contribution in [2.45, 2.75) is 69.0 Å². The van der Waals surface area contributed by atoms with E-state index in [9.17, 15) is 18.0 Å². The van der Waals surface area contributed by atoms with Gasteiger partial charge in [0.15, 0.2) is 0 Å². The molecule has 1 aliphatic rings. The number of sulfonamides is 1. The van der Waals surface area contributed by atoms with Gasteiger partial charge in [0.1, 0.15) is 12.6 Å². The Bertz CT molecular complexity index is 1840. The number of nitrogens with one attached hydrogen (secondary N) is 1. The summed E-state index contributed by atoms with van der Waals surface area (Å²) in [4.78, 5) is 30.5. The van der Waals surface area contributed by atoms with Crippen LogP contribution in [0.4, 0.5) is 5.69 Å². The number of carbonyl (C=O) groups excluding carboxylic acids is 2. The molecule has 2 amide bonds. The summed E-state index contributed by atoms with van der Waals surface area (Å²) >= 11 is 16.3. The van der Waals surface area contributed by atoms with Crippen LogP contribution in [0.3, 0.4) is 0 Å². The molecule has 4 aromatic carbocycles. The van der Waals surface area contributed by atoms with Crippen LogP contribution >= 0.6 is 39.1 Å². The molecule has 0 aliphatic heterocycles. The average Bonchev–Trinajstić information content (AvgIpc) is 3.07. The third-order valence-corrected chi connectivity index (χ3v) is 11.4. The van der Waals surface area contributed by atoms with Gasteiger partial charge in [0, 0.05) is 33.5 Å². The van der Waals surface area contributed by atoms with Crippen LogP contribution in [0, 0.1) is 6.92 Å². The van der Waals surface area contributed by atoms with Gasteiger partial charge in [0.25, 0.3) is 10.0 Å². The van der Waals surface area contributed by atoms with Crippen LogP contribution in [0.25, 0.3) is 0 Å². The highest BCUT2D eigenvalue weighted by Crippen LogP contribution is 2.29. The summed E-state index contributed by atoms with van der Waals surface area (Å²) in [6.07, 6.45) is 5.13. The standard InChI is InChI=1S/C37H38BrCl2N3O4S/c1-26-15-19-33(20-16-26)48(46,47)43(32-14-8-11-29(38)22-32)25-36(44)42(24-28-17-18-30(39)23-34(28)40)35(21-27-9-4-2-5-10-27)37(45)41-31-12-6-3-7-13-31/h2,4-5,8-11,14-20,22-23,31,35H,3,6-7,12-13,21,24-25H2,1H3,(H,41,45). The average molecular weight is 772 g/mol. The maximum atomic E-state index is 14.7. The molecule has 1 saturated carbocycles. The lowest BCUT2D eigenvalue weighted by Gasteiger charge is -2.35. The van der Waals surface area contributed by atoms with Crippen molar-refractivity contribution in [3.8, 4) is 0 Å². The van der Waals surface area contributed by atoms with E-state index in [-0.39, 0.29) is 29.8 Å². The molecule has 1 N–H and O–H groups in total. The minimum absolute atomic E-state index is 0.000628. The van der Waals surface area contributed by atoms with Gasteiger partial charge in [-0.3, -0.25) is 13.9 Å². The van der Waals surface area contributed by atoms with E-state index in [2.05, 4.69) is 21.2 Å². The predicted octanol–water partition coefficient (Wildman–Crippen LogP) is 8.35. The molecular weight excluding hydrogens is 733 g/mol. The number of amides is 2. The number of hydrogen-bond donors (Lipinski definition) is 1. The molecule has 0 aromatic heterocycles. The number of hydrogen-bond acceptors (Lipinski definition) is 4. The van der Waals surface area contributed by atoms with E-state index < -0.39 is 28.5 Å². The molecule has 1 atom stereocenters. The lowest BCUT2D eigenvalue weighted by Crippen LogP contribution is -2.55. The molecule has 11 heteroatoms. The van der Waals surface area contributed by atoms with Gasteiger partial charge in [-0.05, 0) is 73.4 Å². The maximum absolute atomic E-state index is 14.7. The summed E-state index contributed by atoms with van der Waals surface area (Å²) in [6, 6.07) is 26.8. The zero-order chi connectivity index (χ0) is 34.3. The molecule has 7 nitrogen and oxygen atoms in total. The molecule has 5 rings (SSSR count). The number of carbonyl (C=O) groups is 2. The first kappa shape index (κ1) is 35.9. The van der Waals surface area contributed by atoms with E-state index in [1.807, 2.05) is 37.3 Å². The largest absolute Gasteiger partial charge is 0.352 e. The minimum Gasteiger partial charge on any atom is -0.352 e. The number of rotatable bonds is 12. The molecule has 4 aromatic rings. The van der Waals surface area contributed by atoms with Crippen molar-refractivity contribution in [2.24, 2.45) is 0 Å². The fourth-order valence-electron chi connectivity index (χ4n) is 5.93. The highest BCUT2D eigenvalue weighted by molar-refractivity contribution is 9.10. The highest BCUT2D eigenvalue weighted by Gasteiger charge is 2.35. The molecule has 0 radical (unpaired) electrons. The second-order valence-corrected chi connectivity index (χ2v) is 15.7. The second kappa shape index (κ2) is 16.4. The molecule has 0 saturated heterocycles. The Labute approximate surface area is 301 Å². The number of benzene rings is 4. The van der Waals surface area contributed by atoms with Crippen LogP contribution in [0.5, 0.6) is 0 Å². The maximum Gasteiger partial charge on any atom is 0.264 e. The number of aryl methyl sites for hydroxylation is 1. The van der Waals surface area contributed by atoms with Gasteiger partial charge >= 0.3 is 0 Å². The van der Waals surface area contributed by atoms with E-state index in [0.717, 1.165) is 47.5 Å². The van der Waals surface area contributed by atoms with Gasteiger partial charge in [-0.15, -0.1) is 0 Å². The summed E-state index contributed by atoms with van der Waals surface area (Å²) < 4.78 is 30.2. The molecule has 1 fully saturated rings. The van der Waals surface area contributed by atoms with Crippen molar-refractivity contribution in [3.63, 3.8) is 0 Å². The monoisotopic (exact) mass is 769 g/mol. The summed E-state index contributed by atoms with van der Waals surface area (Å²) in [5, 5.41) is 3.98. The molecule has 1 aliphatic carbocycles. The van der Waals surface area contributed by atoms with E-state index in [0.29, 0.717) is 25.8 Å². The van der Waals surface area contributed by atoms with E-state index >= 15 is 0 Å². The van der Waals surface area contributed by atoms with Crippen LogP contribution in [-0.2, 0) is 32.6 Å². The predicted molar refractivity (Wildman–Crippen MR) is 196 cm³/mol. The van der Waals surface area contributed by atoms with Crippen LogP contribution in [-0.4, -0.2) is 43.8 Å². The summed E-state index contributed by atoms with van der Waals surface area (Å²) in [6.45, 7) is 1.28. The topological polar surface area (TPSA) is 86.8 Å². The Hall–Kier alpha value is -3.37. The van der Waals surface area contributed by atoms with Crippen molar-refractivity contribution >= 4 is 66.7 Å². The Balaban J connectivity index is 1.58. The molecule has 0 bridgehead atoms. The Morgan fingerprint density at radius 1 is 0.896 bits per heavy atom. The fraction of sp³-hybridized carbons (Fsp3) is 0.297. The van der Waals surface area contributed by atoms with Gasteiger partial charge in [0.05, 0.1) is 10.6 Å². The third kappa shape index (κ3) is 9.20. The Morgan fingerprint density at radius 2 is 1.60 bits per heavy atom. The molecule has 1 unspecified atom stereocenters. The zero-order valence-corrected chi connectivity index (χ0v) is 30.5. The van der Waals surface area contributed by atoms with Crippen molar-refractivity contribution in [1.29, 1.82) is 0 Å². The zero-order valence-electron chi connectivity index (χ0n) is 26.6. The number of nitrogens with zero attached hydrogens (tertiary/aromatic N) is 2. The fourth-order valence-corrected chi connectivity index (χ4v) is 8.19. The van der Waals surface area contributed by atoms with Crippen LogP contribution in [0.2, 0.25) is 10.0 Å². The van der Waals surface area contributed by atoms with Gasteiger partial charge in [-0.1, -0.05) is 119 Å². The summed E-state index contributed by atoms with van der Waals surface area (Å²) in [5.74, 6) is -0.851. The second-order valence-electron chi connectivity index (χ2n) is 12.1. The molecule has 0 spiro atoms. The molecule has 252 valence electrons. The quantitative estimate of drug-likeness (QED) is 0.157. The highest BCUT2D eigenvalue weighted by atomic mass is 79.9. The Morgan fingerprint density at radius 3 is 2.27 bits per heavy atom. The van der Waals surface area contributed by atoms with E-state index in [1.54, 1.807) is 54.6 Å². The first-order valence-electron chi connectivity index (χ1n) is 15.9. The molecular formula is C37H38BrCl2N3O4S. The minimum atomic E-state index is -4.21. The van der Waals surface area contributed by atoms with Crippen molar-refractivity contribution in [3.05, 3.63) is 128 Å². The van der Waals surface area contributed by atoms with Gasteiger partial charge in [-0.2, -0.15) is 0 Å². The van der Waals surface area contributed by atoms with E-state index in [4.69, 9.17) is 23.2 Å². The third-order valence-electron chi connectivity index (χ3n) is 8.56. The smallest absolute Gasteiger partial charge is 0.264 e. The first-order chi connectivity index (χ1) is 23.0. The molecule has 48 heavy (non-hydrogen) atoms. The van der Waals surface area contributed by atoms with Crippen molar-refractivity contribution in [2.75, 3.05) is 10.8 Å². The van der Waals surface area contributed by atoms with Crippen molar-refractivity contribution < 1.29 is 18.0 Å². The van der Waals surface area contributed by atoms with Crippen LogP contribution in [0.1, 0.15) is 48.8 Å². The van der Waals surface area contributed by atoms with E-state index in [1.165, 1.54) is 17.0 Å². The van der Waals surface area contributed by atoms with Crippen LogP contribution in [0.15, 0.2) is 106 Å². The summed E-state index contributed by atoms with van der Waals surface area (Å²) in [5.41, 5.74) is 2.64. The van der Waals surface area contributed by atoms with Gasteiger partial charge in [-0.25, -0.2) is 8.42 Å². The normalized spacial score (nSPS) is 14.2. The first-order valence-corrected chi connectivity index (χ1v) is 18.9. The van der Waals surface area contributed by atoms with Crippen LogP contribution < -0.4 is 9.62 Å². The van der Waals surface area contributed by atoms with Crippen molar-refractivity contribution in [1.82, 2.24) is 10.2 Å². The lowest BCUT2D eigenvalue weighted by molar-refractivity contribution is -0.140. The molecule has 0 heterocycles. The lowest BCUT2D eigenvalue weighted by atomic mass is 9.94. The SMILES string of the molecule is Cc1ccc(S(=O)(=O)N(CC(=O)N(Cc2ccc(Cl)cc2Cl)C(Cc2ccccc2)C(=O)NC2CCCCC2)c2cccc(Br)c2)cc1. The number of anilines is 1.